The molecule has 0 unspecified atom stereocenters. The Balaban J connectivity index is 0.000000205. The third-order valence-electron chi connectivity index (χ3n) is 9.40. The van der Waals surface area contributed by atoms with Crippen LogP contribution in [0.2, 0.25) is 0 Å². The van der Waals surface area contributed by atoms with E-state index in [4.69, 9.17) is 10.5 Å². The number of nitrogens with two attached hydrogens (primary N) is 1. The zero-order valence-electron chi connectivity index (χ0n) is 29.8. The van der Waals surface area contributed by atoms with Gasteiger partial charge in [0, 0.05) is 42.1 Å². The van der Waals surface area contributed by atoms with Crippen molar-refractivity contribution in [1.82, 2.24) is 24.4 Å². The van der Waals surface area contributed by atoms with Crippen molar-refractivity contribution in [2.75, 3.05) is 13.1 Å². The van der Waals surface area contributed by atoms with Crippen molar-refractivity contribution in [3.8, 4) is 11.4 Å². The number of nitrogens with one attached hydrogen (secondary N) is 1. The summed E-state index contributed by atoms with van der Waals surface area (Å²) in [7, 11) is 0. The van der Waals surface area contributed by atoms with E-state index in [0.29, 0.717) is 45.2 Å². The highest BCUT2D eigenvalue weighted by Crippen LogP contribution is 2.29. The number of imidazole rings is 2. The molecule has 12 heteroatoms. The third kappa shape index (κ3) is 9.63. The van der Waals surface area contributed by atoms with E-state index < -0.39 is 35.5 Å². The molecule has 0 spiro atoms. The fourth-order valence-electron chi connectivity index (χ4n) is 6.84. The fraction of sp³-hybridized carbons (Fsp3) is 0.462. The number of carboxylic acid groups (broad SMARTS) is 2. The molecule has 4 heterocycles. The number of carbonyl (C=O) groups is 3. The van der Waals surface area contributed by atoms with Crippen molar-refractivity contribution in [3.63, 3.8) is 0 Å². The maximum Gasteiger partial charge on any atom is 0.407 e. The van der Waals surface area contributed by atoms with Crippen molar-refractivity contribution < 1.29 is 29.3 Å². The number of para-hydroxylation sites is 2. The molecule has 0 radical (unpaired) electrons. The average molecular weight is 699 g/mol. The van der Waals surface area contributed by atoms with Gasteiger partial charge in [-0.2, -0.15) is 0 Å². The van der Waals surface area contributed by atoms with Crippen LogP contribution in [0.5, 0.6) is 0 Å². The summed E-state index contributed by atoms with van der Waals surface area (Å²) in [5.41, 5.74) is 13.9. The number of carboxylic acids is 2. The van der Waals surface area contributed by atoms with Gasteiger partial charge in [0.1, 0.15) is 5.60 Å². The molecule has 0 fully saturated rings. The highest BCUT2D eigenvalue weighted by atomic mass is 16.6. The number of aromatic nitrogens is 4. The van der Waals surface area contributed by atoms with Gasteiger partial charge in [-0.05, 0) is 102 Å². The Morgan fingerprint density at radius 1 is 0.784 bits per heavy atom. The molecule has 2 aliphatic rings. The predicted octanol–water partition coefficient (Wildman–Crippen LogP) is 5.47. The van der Waals surface area contributed by atoms with E-state index in [1.54, 1.807) is 27.1 Å². The van der Waals surface area contributed by atoms with Gasteiger partial charge in [-0.25, -0.2) is 14.8 Å². The minimum absolute atomic E-state index is 0.382. The summed E-state index contributed by atoms with van der Waals surface area (Å²) >= 11 is 0. The minimum Gasteiger partial charge on any atom is -0.481 e. The molecule has 5 N–H and O–H groups in total. The first kappa shape index (κ1) is 37.3. The molecule has 6 rings (SSSR count). The quantitative estimate of drug-likeness (QED) is 0.132. The van der Waals surface area contributed by atoms with E-state index in [9.17, 15) is 24.6 Å². The normalized spacial score (nSPS) is 14.0. The summed E-state index contributed by atoms with van der Waals surface area (Å²) < 4.78 is 9.38. The number of rotatable bonds is 13. The van der Waals surface area contributed by atoms with Gasteiger partial charge in [-0.1, -0.05) is 36.4 Å². The molecular weight excluding hydrogens is 648 g/mol. The van der Waals surface area contributed by atoms with Crippen LogP contribution in [0.4, 0.5) is 4.79 Å². The van der Waals surface area contributed by atoms with Gasteiger partial charge in [-0.3, -0.25) is 9.59 Å². The lowest BCUT2D eigenvalue weighted by atomic mass is 9.94. The Bertz CT molecular complexity index is 1820. The lowest BCUT2D eigenvalue weighted by Gasteiger charge is -2.20. The largest absolute Gasteiger partial charge is 0.481 e. The number of ether oxygens (including phenoxy) is 1. The SMILES string of the molecule is CC(C)(C)OC(=O)NCCC[C@@H](Cc1ncn2c1CCc1ccccc1-2)C(=O)O.NCCC[C@@H](Cc1ncn2c1CCc1ccccc1-2)C(=O)O. The maximum atomic E-state index is 11.8. The number of aliphatic carboxylic acids is 2. The Hall–Kier alpha value is -4.97. The standard InChI is InChI=1S/C22H29N3O4.C17H21N3O2/c1-22(2,3)29-21(28)23-12-6-8-16(20(26)27)13-17-19-11-10-15-7-4-5-9-18(15)25(19)14-24-17;18-9-3-5-13(17(21)22)10-14-16-8-7-12-4-1-2-6-15(12)20(16)11-19-14/h4-5,7,9,14,16H,6,8,10-13H2,1-3H3,(H,23,28)(H,26,27);1-2,4,6,11,13H,3,5,7-10,18H2,(H,21,22)/t16-;13-/m00/s1. The van der Waals surface area contributed by atoms with Crippen LogP contribution in [-0.2, 0) is 52.9 Å². The molecule has 0 aliphatic carbocycles. The molecule has 2 aromatic carbocycles. The molecule has 2 aromatic heterocycles. The molecular formula is C39H50N6O6. The number of hydrogen-bond donors (Lipinski definition) is 4. The van der Waals surface area contributed by atoms with Gasteiger partial charge in [0.15, 0.2) is 0 Å². The lowest BCUT2D eigenvalue weighted by molar-refractivity contribution is -0.143. The van der Waals surface area contributed by atoms with Gasteiger partial charge in [0.2, 0.25) is 0 Å². The molecule has 0 bridgehead atoms. The molecule has 4 aromatic rings. The average Bonchev–Trinajstić information content (AvgIpc) is 3.71. The van der Waals surface area contributed by atoms with E-state index in [0.717, 1.165) is 66.3 Å². The Kier molecular flexibility index (Phi) is 12.3. The number of carbonyl (C=O) groups excluding carboxylic acids is 1. The van der Waals surface area contributed by atoms with E-state index in [-0.39, 0.29) is 0 Å². The van der Waals surface area contributed by atoms with Gasteiger partial charge in [0.25, 0.3) is 0 Å². The Morgan fingerprint density at radius 3 is 1.71 bits per heavy atom. The topological polar surface area (TPSA) is 175 Å². The number of hydrogen-bond acceptors (Lipinski definition) is 7. The molecule has 2 aliphatic heterocycles. The molecule has 2 atom stereocenters. The van der Waals surface area contributed by atoms with Crippen molar-refractivity contribution in [2.45, 2.75) is 90.6 Å². The second-order valence-corrected chi connectivity index (χ2v) is 14.3. The molecule has 0 saturated carbocycles. The highest BCUT2D eigenvalue weighted by molar-refractivity contribution is 5.71. The highest BCUT2D eigenvalue weighted by Gasteiger charge is 2.26. The third-order valence-corrected chi connectivity index (χ3v) is 9.40. The summed E-state index contributed by atoms with van der Waals surface area (Å²) in [6.45, 7) is 6.32. The summed E-state index contributed by atoms with van der Waals surface area (Å²) in [4.78, 5) is 43.9. The number of benzene rings is 2. The number of alkyl carbamates (subject to hydrolysis) is 1. The van der Waals surface area contributed by atoms with Gasteiger partial charge >= 0.3 is 18.0 Å². The summed E-state index contributed by atoms with van der Waals surface area (Å²) in [5.74, 6) is -2.53. The van der Waals surface area contributed by atoms with Gasteiger partial charge < -0.3 is 35.1 Å². The van der Waals surface area contributed by atoms with E-state index in [1.807, 2.05) is 24.5 Å². The van der Waals surface area contributed by atoms with E-state index >= 15 is 0 Å². The van der Waals surface area contributed by atoms with Crippen LogP contribution in [0.25, 0.3) is 11.4 Å². The lowest BCUT2D eigenvalue weighted by Crippen LogP contribution is -2.33. The van der Waals surface area contributed by atoms with Crippen molar-refractivity contribution in [3.05, 3.63) is 95.1 Å². The van der Waals surface area contributed by atoms with Crippen LogP contribution in [0.15, 0.2) is 61.2 Å². The van der Waals surface area contributed by atoms with Crippen molar-refractivity contribution in [1.29, 1.82) is 0 Å². The summed E-state index contributed by atoms with van der Waals surface area (Å²) in [6.07, 6.45) is 10.1. The first-order chi connectivity index (χ1) is 24.4. The zero-order chi connectivity index (χ0) is 36.5. The van der Waals surface area contributed by atoms with E-state index in [1.165, 1.54) is 11.1 Å². The first-order valence-corrected chi connectivity index (χ1v) is 17.8. The Morgan fingerprint density at radius 2 is 1.25 bits per heavy atom. The second-order valence-electron chi connectivity index (χ2n) is 14.3. The summed E-state index contributed by atoms with van der Waals surface area (Å²) in [5, 5.41) is 21.7. The van der Waals surface area contributed by atoms with Crippen LogP contribution >= 0.6 is 0 Å². The fourth-order valence-corrected chi connectivity index (χ4v) is 6.84. The molecule has 51 heavy (non-hydrogen) atoms. The van der Waals surface area contributed by atoms with Crippen LogP contribution < -0.4 is 11.1 Å². The van der Waals surface area contributed by atoms with Crippen molar-refractivity contribution in [2.24, 2.45) is 17.6 Å². The van der Waals surface area contributed by atoms with Gasteiger partial charge in [-0.15, -0.1) is 0 Å². The number of amides is 1. The van der Waals surface area contributed by atoms with Crippen LogP contribution in [0.3, 0.4) is 0 Å². The first-order valence-electron chi connectivity index (χ1n) is 17.8. The maximum absolute atomic E-state index is 11.8. The Labute approximate surface area is 299 Å². The van der Waals surface area contributed by atoms with Crippen LogP contribution in [0, 0.1) is 11.8 Å². The monoisotopic (exact) mass is 698 g/mol. The number of nitrogens with zero attached hydrogens (tertiary/aromatic N) is 4. The molecule has 1 amide bonds. The van der Waals surface area contributed by atoms with Crippen LogP contribution in [0.1, 0.15) is 80.4 Å². The predicted molar refractivity (Wildman–Crippen MR) is 193 cm³/mol. The van der Waals surface area contributed by atoms with E-state index in [2.05, 4.69) is 54.8 Å². The second kappa shape index (κ2) is 16.8. The van der Waals surface area contributed by atoms with Crippen LogP contribution in [-0.4, -0.2) is 66.0 Å². The molecule has 272 valence electrons. The summed E-state index contributed by atoms with van der Waals surface area (Å²) in [6, 6.07) is 16.5. The number of aryl methyl sites for hydroxylation is 2. The molecule has 12 nitrogen and oxygen atoms in total. The molecule has 0 saturated heterocycles. The smallest absolute Gasteiger partial charge is 0.407 e. The van der Waals surface area contributed by atoms with Crippen molar-refractivity contribution >= 4 is 18.0 Å². The number of fused-ring (bicyclic) bond motifs is 6. The van der Waals surface area contributed by atoms with Gasteiger partial charge in [0.05, 0.1) is 35.9 Å². The minimum atomic E-state index is -0.833. The zero-order valence-corrected chi connectivity index (χ0v) is 29.8.